The molecule has 188 valence electrons. The van der Waals surface area contributed by atoms with Gasteiger partial charge in [0.05, 0.1) is 12.2 Å². The van der Waals surface area contributed by atoms with Crippen LogP contribution in [0.5, 0.6) is 0 Å². The summed E-state index contributed by atoms with van der Waals surface area (Å²) in [5.74, 6) is -0.110. The van der Waals surface area contributed by atoms with Crippen LogP contribution in [0.4, 0.5) is 5.00 Å². The van der Waals surface area contributed by atoms with Gasteiger partial charge in [-0.15, -0.1) is 23.1 Å². The molecule has 1 N–H and O–H groups in total. The number of rotatable bonds is 8. The standard InChI is InChI=1S/C31H29NO3S2/c1-2-35-31(34)27-25-19-18-23(21-12-6-3-7-13-21)20-26(25)37-30(27)32-29(33)28(22-14-8-4-9-15-22)36-24-16-10-5-11-17-24/h3-17,23,28H,2,18-20H2,1H3,(H,32,33). The lowest BCUT2D eigenvalue weighted by Gasteiger charge is -2.23. The number of anilines is 1. The third-order valence-electron chi connectivity index (χ3n) is 6.59. The number of thiophene rings is 1. The van der Waals surface area contributed by atoms with Crippen LogP contribution in [0.3, 0.4) is 0 Å². The molecule has 2 atom stereocenters. The predicted octanol–water partition coefficient (Wildman–Crippen LogP) is 7.67. The first-order valence-electron chi connectivity index (χ1n) is 12.6. The summed E-state index contributed by atoms with van der Waals surface area (Å²) in [5, 5.41) is 3.27. The molecule has 2 unspecified atom stereocenters. The lowest BCUT2D eigenvalue weighted by Crippen LogP contribution is -2.20. The molecular formula is C31H29NO3S2. The van der Waals surface area contributed by atoms with Crippen LogP contribution >= 0.6 is 23.1 Å². The number of nitrogens with one attached hydrogen (secondary N) is 1. The molecule has 0 saturated carbocycles. The Balaban J connectivity index is 1.46. The van der Waals surface area contributed by atoms with Gasteiger partial charge in [0.15, 0.2) is 0 Å². The topological polar surface area (TPSA) is 55.4 Å². The number of benzene rings is 3. The molecule has 0 spiro atoms. The number of ether oxygens (including phenoxy) is 1. The average Bonchev–Trinajstić information content (AvgIpc) is 3.30. The number of carbonyl (C=O) groups excluding carboxylic acids is 2. The maximum Gasteiger partial charge on any atom is 0.341 e. The summed E-state index contributed by atoms with van der Waals surface area (Å²) in [7, 11) is 0. The Morgan fingerprint density at radius 3 is 2.30 bits per heavy atom. The van der Waals surface area contributed by atoms with E-state index in [1.54, 1.807) is 0 Å². The normalized spacial score (nSPS) is 15.4. The van der Waals surface area contributed by atoms with Crippen molar-refractivity contribution in [2.24, 2.45) is 0 Å². The highest BCUT2D eigenvalue weighted by Crippen LogP contribution is 2.44. The molecule has 0 radical (unpaired) electrons. The van der Waals surface area contributed by atoms with Crippen LogP contribution in [0.15, 0.2) is 95.9 Å². The highest BCUT2D eigenvalue weighted by atomic mass is 32.2. The molecule has 37 heavy (non-hydrogen) atoms. The summed E-state index contributed by atoms with van der Waals surface area (Å²) in [6.45, 7) is 2.10. The van der Waals surface area contributed by atoms with Crippen molar-refractivity contribution in [3.05, 3.63) is 118 Å². The molecule has 4 aromatic rings. The summed E-state index contributed by atoms with van der Waals surface area (Å²) in [6.07, 6.45) is 2.60. The third kappa shape index (κ3) is 5.81. The Kier molecular flexibility index (Phi) is 8.07. The first kappa shape index (κ1) is 25.3. The second-order valence-corrected chi connectivity index (χ2v) is 11.3. The fraction of sp³-hybridized carbons (Fsp3) is 0.226. The zero-order valence-electron chi connectivity index (χ0n) is 20.7. The second kappa shape index (κ2) is 11.8. The van der Waals surface area contributed by atoms with E-state index in [0.29, 0.717) is 23.1 Å². The van der Waals surface area contributed by atoms with Gasteiger partial charge in [0, 0.05) is 9.77 Å². The molecule has 0 saturated heterocycles. The number of amides is 1. The highest BCUT2D eigenvalue weighted by molar-refractivity contribution is 8.00. The van der Waals surface area contributed by atoms with E-state index in [1.807, 2.05) is 73.7 Å². The van der Waals surface area contributed by atoms with E-state index in [0.717, 1.165) is 40.2 Å². The Labute approximate surface area is 226 Å². The van der Waals surface area contributed by atoms with E-state index < -0.39 is 5.25 Å². The molecule has 1 aliphatic rings. The van der Waals surface area contributed by atoms with Crippen LogP contribution in [0.2, 0.25) is 0 Å². The maximum absolute atomic E-state index is 13.8. The van der Waals surface area contributed by atoms with Crippen molar-refractivity contribution in [3.63, 3.8) is 0 Å². The fourth-order valence-electron chi connectivity index (χ4n) is 4.82. The quantitative estimate of drug-likeness (QED) is 0.189. The van der Waals surface area contributed by atoms with E-state index in [-0.39, 0.29) is 11.9 Å². The van der Waals surface area contributed by atoms with Gasteiger partial charge in [0.1, 0.15) is 10.3 Å². The summed E-state index contributed by atoms with van der Waals surface area (Å²) in [6, 6.07) is 30.2. The molecule has 6 heteroatoms. The maximum atomic E-state index is 13.8. The van der Waals surface area contributed by atoms with Crippen LogP contribution in [-0.2, 0) is 22.4 Å². The van der Waals surface area contributed by atoms with Gasteiger partial charge in [0.25, 0.3) is 0 Å². The number of hydrogen-bond donors (Lipinski definition) is 1. The SMILES string of the molecule is CCOC(=O)c1c(NC(=O)C(Sc2ccccc2)c2ccccc2)sc2c1CCC(c1ccccc1)C2. The van der Waals surface area contributed by atoms with Crippen molar-refractivity contribution in [3.8, 4) is 0 Å². The molecule has 0 fully saturated rings. The number of thioether (sulfide) groups is 1. The number of hydrogen-bond acceptors (Lipinski definition) is 5. The summed E-state index contributed by atoms with van der Waals surface area (Å²) < 4.78 is 5.44. The summed E-state index contributed by atoms with van der Waals surface area (Å²) in [5.41, 5.74) is 3.78. The van der Waals surface area contributed by atoms with Crippen molar-refractivity contribution in [1.29, 1.82) is 0 Å². The minimum Gasteiger partial charge on any atom is -0.462 e. The van der Waals surface area contributed by atoms with Gasteiger partial charge in [-0.3, -0.25) is 4.79 Å². The highest BCUT2D eigenvalue weighted by Gasteiger charge is 2.32. The second-order valence-electron chi connectivity index (χ2n) is 8.99. The Bertz CT molecular complexity index is 1350. The van der Waals surface area contributed by atoms with Crippen LogP contribution in [0, 0.1) is 0 Å². The van der Waals surface area contributed by atoms with Gasteiger partial charge in [-0.25, -0.2) is 4.79 Å². The van der Waals surface area contributed by atoms with E-state index in [2.05, 4.69) is 29.6 Å². The Morgan fingerprint density at radius 1 is 0.973 bits per heavy atom. The summed E-state index contributed by atoms with van der Waals surface area (Å²) in [4.78, 5) is 29.0. The molecule has 5 rings (SSSR count). The number of esters is 1. The minimum absolute atomic E-state index is 0.149. The Morgan fingerprint density at radius 2 is 1.62 bits per heavy atom. The Hall–Kier alpha value is -3.35. The van der Waals surface area contributed by atoms with Crippen LogP contribution in [0.1, 0.15) is 56.4 Å². The molecule has 0 aliphatic heterocycles. The molecule has 4 nitrogen and oxygen atoms in total. The third-order valence-corrected chi connectivity index (χ3v) is 9.03. The van der Waals surface area contributed by atoms with Gasteiger partial charge in [0.2, 0.25) is 5.91 Å². The van der Waals surface area contributed by atoms with Crippen LogP contribution in [-0.4, -0.2) is 18.5 Å². The van der Waals surface area contributed by atoms with Crippen LogP contribution < -0.4 is 5.32 Å². The van der Waals surface area contributed by atoms with Crippen molar-refractivity contribution in [1.82, 2.24) is 0 Å². The molecule has 1 aliphatic carbocycles. The largest absolute Gasteiger partial charge is 0.462 e. The van der Waals surface area contributed by atoms with Gasteiger partial charge >= 0.3 is 5.97 Å². The smallest absolute Gasteiger partial charge is 0.341 e. The van der Waals surface area contributed by atoms with Gasteiger partial charge < -0.3 is 10.1 Å². The molecule has 1 heterocycles. The van der Waals surface area contributed by atoms with E-state index in [4.69, 9.17) is 4.74 Å². The molecular weight excluding hydrogens is 498 g/mol. The van der Waals surface area contributed by atoms with E-state index >= 15 is 0 Å². The van der Waals surface area contributed by atoms with Gasteiger partial charge in [-0.05, 0) is 60.9 Å². The molecule has 0 bridgehead atoms. The van der Waals surface area contributed by atoms with Crippen molar-refractivity contribution >= 4 is 40.0 Å². The van der Waals surface area contributed by atoms with Crippen LogP contribution in [0.25, 0.3) is 0 Å². The van der Waals surface area contributed by atoms with Gasteiger partial charge in [-0.2, -0.15) is 0 Å². The van der Waals surface area contributed by atoms with Crippen molar-refractivity contribution in [2.45, 2.75) is 42.2 Å². The number of fused-ring (bicyclic) bond motifs is 1. The lowest BCUT2D eigenvalue weighted by molar-refractivity contribution is -0.115. The number of carbonyl (C=O) groups is 2. The zero-order chi connectivity index (χ0) is 25.6. The van der Waals surface area contributed by atoms with E-state index in [1.165, 1.54) is 28.7 Å². The fourth-order valence-corrected chi connectivity index (χ4v) is 7.18. The summed E-state index contributed by atoms with van der Waals surface area (Å²) >= 11 is 3.02. The zero-order valence-corrected chi connectivity index (χ0v) is 22.3. The van der Waals surface area contributed by atoms with Crippen molar-refractivity contribution in [2.75, 3.05) is 11.9 Å². The monoisotopic (exact) mass is 527 g/mol. The average molecular weight is 528 g/mol. The van der Waals surface area contributed by atoms with Crippen molar-refractivity contribution < 1.29 is 14.3 Å². The molecule has 3 aromatic carbocycles. The minimum atomic E-state index is -0.463. The lowest BCUT2D eigenvalue weighted by atomic mass is 9.83. The first-order chi connectivity index (χ1) is 18.1. The van der Waals surface area contributed by atoms with Gasteiger partial charge in [-0.1, -0.05) is 78.9 Å². The van der Waals surface area contributed by atoms with E-state index in [9.17, 15) is 9.59 Å². The predicted molar refractivity (Wildman–Crippen MR) is 152 cm³/mol. The molecule has 1 aromatic heterocycles. The first-order valence-corrected chi connectivity index (χ1v) is 14.3. The molecule has 1 amide bonds.